The maximum Gasteiger partial charge on any atom is 0.490 e. The number of halogens is 3. The summed E-state index contributed by atoms with van der Waals surface area (Å²) in [5.41, 5.74) is -0.178. The zero-order valence-electron chi connectivity index (χ0n) is 9.34. The molecule has 0 unspecified atom stereocenters. The summed E-state index contributed by atoms with van der Waals surface area (Å²) in [5.74, 6) is -2.76. The highest BCUT2D eigenvalue weighted by molar-refractivity contribution is 5.73. The molecule has 1 amide bonds. The molecule has 0 bridgehead atoms. The zero-order valence-corrected chi connectivity index (χ0v) is 9.34. The van der Waals surface area contributed by atoms with E-state index < -0.39 is 12.1 Å². The molecule has 2 aliphatic rings. The summed E-state index contributed by atoms with van der Waals surface area (Å²) in [6.07, 6.45) is -3.47. The highest BCUT2D eigenvalue weighted by atomic mass is 19.4. The van der Waals surface area contributed by atoms with Gasteiger partial charge >= 0.3 is 18.2 Å². The van der Waals surface area contributed by atoms with Gasteiger partial charge in [-0.05, 0) is 13.1 Å². The summed E-state index contributed by atoms with van der Waals surface area (Å²) < 4.78 is 36.9. The number of aliphatic carboxylic acids is 1. The van der Waals surface area contributed by atoms with Gasteiger partial charge < -0.3 is 20.5 Å². The first-order chi connectivity index (χ1) is 8.25. The third-order valence-electron chi connectivity index (χ3n) is 2.62. The molecular formula is C9H13F3N2O4. The molecule has 2 fully saturated rings. The standard InChI is InChI=1S/C7H12N2O2.C2HF3O2/c10-6-9-5-7(11-6)1-3-8-4-2-7;3-2(4,5)1(6)7/h8H,1-5H2,(H,9,10);(H,6,7). The van der Waals surface area contributed by atoms with Gasteiger partial charge in [-0.25, -0.2) is 9.59 Å². The second-order valence-corrected chi connectivity index (χ2v) is 3.98. The third-order valence-corrected chi connectivity index (χ3v) is 2.62. The van der Waals surface area contributed by atoms with Crippen LogP contribution in [0, 0.1) is 0 Å². The molecule has 3 N–H and O–H groups in total. The Hall–Kier alpha value is -1.51. The lowest BCUT2D eigenvalue weighted by atomic mass is 9.93. The fourth-order valence-corrected chi connectivity index (χ4v) is 1.66. The molecule has 0 aromatic heterocycles. The first-order valence-electron chi connectivity index (χ1n) is 5.23. The van der Waals surface area contributed by atoms with Crippen molar-refractivity contribution >= 4 is 12.1 Å². The average molecular weight is 270 g/mol. The molecule has 2 heterocycles. The number of carboxylic acids is 1. The van der Waals surface area contributed by atoms with E-state index in [1.165, 1.54) is 0 Å². The minimum absolute atomic E-state index is 0.178. The van der Waals surface area contributed by atoms with Gasteiger partial charge in [0.05, 0.1) is 6.54 Å². The topological polar surface area (TPSA) is 87.7 Å². The van der Waals surface area contributed by atoms with Crippen molar-refractivity contribution < 1.29 is 32.6 Å². The Bertz CT molecular complexity index is 326. The molecule has 2 rings (SSSR count). The van der Waals surface area contributed by atoms with Gasteiger partial charge in [0.1, 0.15) is 5.60 Å². The number of alkyl carbamates (subject to hydrolysis) is 1. The Morgan fingerprint density at radius 1 is 1.33 bits per heavy atom. The minimum atomic E-state index is -5.08. The van der Waals surface area contributed by atoms with Crippen LogP contribution in [-0.2, 0) is 9.53 Å². The van der Waals surface area contributed by atoms with Gasteiger partial charge in [-0.2, -0.15) is 13.2 Å². The van der Waals surface area contributed by atoms with Gasteiger partial charge in [-0.15, -0.1) is 0 Å². The molecule has 0 aromatic carbocycles. The minimum Gasteiger partial charge on any atom is -0.475 e. The first kappa shape index (κ1) is 14.6. The molecule has 0 aliphatic carbocycles. The van der Waals surface area contributed by atoms with Gasteiger partial charge in [0.15, 0.2) is 0 Å². The number of nitrogens with one attached hydrogen (secondary N) is 2. The van der Waals surface area contributed by atoms with Crippen molar-refractivity contribution in [3.8, 4) is 0 Å². The number of alkyl halides is 3. The van der Waals surface area contributed by atoms with Gasteiger partial charge in [-0.3, -0.25) is 0 Å². The number of carbonyl (C=O) groups is 2. The second-order valence-electron chi connectivity index (χ2n) is 3.98. The Kier molecular flexibility index (Phi) is 4.38. The summed E-state index contributed by atoms with van der Waals surface area (Å²) in [4.78, 5) is 19.7. The maximum absolute atomic E-state index is 10.8. The molecule has 9 heteroatoms. The molecular weight excluding hydrogens is 257 g/mol. The SMILES string of the molecule is O=C(O)C(F)(F)F.O=C1NCC2(CCNCC2)O1. The summed E-state index contributed by atoms with van der Waals surface area (Å²) >= 11 is 0. The highest BCUT2D eigenvalue weighted by Gasteiger charge is 2.40. The molecule has 2 saturated heterocycles. The van der Waals surface area contributed by atoms with Crippen molar-refractivity contribution in [2.45, 2.75) is 24.6 Å². The number of rotatable bonds is 0. The number of carboxylic acid groups (broad SMARTS) is 1. The van der Waals surface area contributed by atoms with Crippen LogP contribution in [0.25, 0.3) is 0 Å². The summed E-state index contributed by atoms with van der Waals surface area (Å²) in [6, 6.07) is 0. The molecule has 1 spiro atoms. The van der Waals surface area contributed by atoms with Crippen LogP contribution in [0.3, 0.4) is 0 Å². The van der Waals surface area contributed by atoms with Crippen LogP contribution < -0.4 is 10.6 Å². The summed E-state index contributed by atoms with van der Waals surface area (Å²) in [5, 5.41) is 13.0. The van der Waals surface area contributed by atoms with Gasteiger partial charge in [0.25, 0.3) is 0 Å². The van der Waals surface area contributed by atoms with E-state index in [0.29, 0.717) is 6.54 Å². The van der Waals surface area contributed by atoms with Crippen LogP contribution in [0.2, 0.25) is 0 Å². The number of hydrogen-bond donors (Lipinski definition) is 3. The van der Waals surface area contributed by atoms with Crippen LogP contribution >= 0.6 is 0 Å². The van der Waals surface area contributed by atoms with Crippen LogP contribution in [0.1, 0.15) is 12.8 Å². The quantitative estimate of drug-likeness (QED) is 0.596. The van der Waals surface area contributed by atoms with Crippen LogP contribution in [0.15, 0.2) is 0 Å². The van der Waals surface area contributed by atoms with Crippen molar-refractivity contribution in [2.24, 2.45) is 0 Å². The average Bonchev–Trinajstić information content (AvgIpc) is 2.60. The van der Waals surface area contributed by atoms with Crippen molar-refractivity contribution in [1.29, 1.82) is 0 Å². The lowest BCUT2D eigenvalue weighted by Gasteiger charge is -2.30. The Balaban J connectivity index is 0.000000203. The van der Waals surface area contributed by atoms with E-state index in [0.717, 1.165) is 25.9 Å². The number of amides is 1. The van der Waals surface area contributed by atoms with Gasteiger partial charge in [-0.1, -0.05) is 0 Å². The summed E-state index contributed by atoms with van der Waals surface area (Å²) in [7, 11) is 0. The van der Waals surface area contributed by atoms with Crippen LogP contribution in [0.4, 0.5) is 18.0 Å². The predicted octanol–water partition coefficient (Wildman–Crippen LogP) is 0.482. The normalized spacial score (nSPS) is 21.6. The third kappa shape index (κ3) is 4.06. The number of hydrogen-bond acceptors (Lipinski definition) is 4. The van der Waals surface area contributed by atoms with E-state index in [4.69, 9.17) is 14.6 Å². The maximum atomic E-state index is 10.8. The van der Waals surface area contributed by atoms with E-state index in [1.54, 1.807) is 0 Å². The number of carbonyl (C=O) groups excluding carboxylic acids is 1. The highest BCUT2D eigenvalue weighted by Crippen LogP contribution is 2.25. The Morgan fingerprint density at radius 3 is 2.17 bits per heavy atom. The largest absolute Gasteiger partial charge is 0.490 e. The first-order valence-corrected chi connectivity index (χ1v) is 5.23. The molecule has 0 aromatic rings. The molecule has 0 atom stereocenters. The molecule has 2 aliphatic heterocycles. The van der Waals surface area contributed by atoms with E-state index in [1.807, 2.05) is 0 Å². The molecule has 0 saturated carbocycles. The van der Waals surface area contributed by atoms with Gasteiger partial charge in [0, 0.05) is 12.8 Å². The monoisotopic (exact) mass is 270 g/mol. The second kappa shape index (κ2) is 5.42. The van der Waals surface area contributed by atoms with Crippen molar-refractivity contribution in [2.75, 3.05) is 19.6 Å². The predicted molar refractivity (Wildman–Crippen MR) is 53.0 cm³/mol. The van der Waals surface area contributed by atoms with E-state index in [-0.39, 0.29) is 11.7 Å². The lowest BCUT2D eigenvalue weighted by molar-refractivity contribution is -0.192. The van der Waals surface area contributed by atoms with Crippen molar-refractivity contribution in [1.82, 2.24) is 10.6 Å². The molecule has 104 valence electrons. The van der Waals surface area contributed by atoms with Crippen LogP contribution in [0.5, 0.6) is 0 Å². The number of piperidine rings is 1. The molecule has 6 nitrogen and oxygen atoms in total. The zero-order chi connectivity index (χ0) is 13.8. The van der Waals surface area contributed by atoms with Gasteiger partial charge in [0.2, 0.25) is 0 Å². The fourth-order valence-electron chi connectivity index (χ4n) is 1.66. The summed E-state index contributed by atoms with van der Waals surface area (Å²) in [6.45, 7) is 2.59. The smallest absolute Gasteiger partial charge is 0.475 e. The van der Waals surface area contributed by atoms with Crippen LogP contribution in [-0.4, -0.2) is 48.6 Å². The lowest BCUT2D eigenvalue weighted by Crippen LogP contribution is -2.44. The van der Waals surface area contributed by atoms with Crippen molar-refractivity contribution in [3.63, 3.8) is 0 Å². The molecule has 18 heavy (non-hydrogen) atoms. The van der Waals surface area contributed by atoms with E-state index >= 15 is 0 Å². The van der Waals surface area contributed by atoms with E-state index in [2.05, 4.69) is 10.6 Å². The van der Waals surface area contributed by atoms with Crippen molar-refractivity contribution in [3.05, 3.63) is 0 Å². The Morgan fingerprint density at radius 2 is 1.83 bits per heavy atom. The Labute approximate surface area is 100 Å². The molecule has 0 radical (unpaired) electrons. The number of ether oxygens (including phenoxy) is 1. The fraction of sp³-hybridized carbons (Fsp3) is 0.778. The van der Waals surface area contributed by atoms with E-state index in [9.17, 15) is 18.0 Å².